The minimum Gasteiger partial charge on any atom is -0.371 e. The first-order chi connectivity index (χ1) is 16.2. The van der Waals surface area contributed by atoms with Crippen molar-refractivity contribution in [3.63, 3.8) is 0 Å². The highest BCUT2D eigenvalue weighted by molar-refractivity contribution is 7.90. The second kappa shape index (κ2) is 9.81. The van der Waals surface area contributed by atoms with Gasteiger partial charge in [0.1, 0.15) is 28.4 Å². The van der Waals surface area contributed by atoms with Crippen LogP contribution in [0.25, 0.3) is 0 Å². The Morgan fingerprint density at radius 3 is 2.41 bits per heavy atom. The number of rotatable bonds is 6. The van der Waals surface area contributed by atoms with E-state index in [0.717, 1.165) is 62.6 Å². The highest BCUT2D eigenvalue weighted by Crippen LogP contribution is 2.28. The quantitative estimate of drug-likeness (QED) is 0.661. The van der Waals surface area contributed by atoms with Crippen molar-refractivity contribution in [1.82, 2.24) is 14.9 Å². The van der Waals surface area contributed by atoms with Gasteiger partial charge < -0.3 is 15.1 Å². The van der Waals surface area contributed by atoms with E-state index in [2.05, 4.69) is 20.2 Å². The van der Waals surface area contributed by atoms with Crippen LogP contribution in [0.2, 0.25) is 0 Å². The summed E-state index contributed by atoms with van der Waals surface area (Å²) in [6, 6.07) is 0.827. The Labute approximate surface area is 198 Å². The van der Waals surface area contributed by atoms with Gasteiger partial charge in [0.05, 0.1) is 23.8 Å². The number of aromatic nitrogens is 2. The lowest BCUT2D eigenvalue weighted by atomic mass is 9.97. The van der Waals surface area contributed by atoms with Crippen molar-refractivity contribution in [1.29, 1.82) is 0 Å². The van der Waals surface area contributed by atoms with Crippen LogP contribution in [0.5, 0.6) is 0 Å². The minimum absolute atomic E-state index is 0.0606. The van der Waals surface area contributed by atoms with Crippen LogP contribution in [0.1, 0.15) is 38.3 Å². The van der Waals surface area contributed by atoms with Crippen molar-refractivity contribution in [2.75, 3.05) is 36.1 Å². The van der Waals surface area contributed by atoms with Crippen LogP contribution in [0.4, 0.5) is 20.3 Å². The predicted molar refractivity (Wildman–Crippen MR) is 124 cm³/mol. The number of aryl methyl sites for hydroxylation is 1. The van der Waals surface area contributed by atoms with Crippen LogP contribution in [0.3, 0.4) is 0 Å². The molecule has 34 heavy (non-hydrogen) atoms. The molecule has 1 atom stereocenters. The molecule has 1 aromatic heterocycles. The van der Waals surface area contributed by atoms with E-state index in [0.29, 0.717) is 19.0 Å². The molecule has 0 saturated carbocycles. The van der Waals surface area contributed by atoms with Crippen LogP contribution in [0.15, 0.2) is 29.4 Å². The molecule has 0 radical (unpaired) electrons. The van der Waals surface area contributed by atoms with E-state index in [9.17, 15) is 22.0 Å². The number of piperidine rings is 2. The molecule has 1 N–H and O–H groups in total. The monoisotopic (exact) mass is 493 g/mol. The molecule has 1 aromatic carbocycles. The average molecular weight is 494 g/mol. The lowest BCUT2D eigenvalue weighted by Gasteiger charge is -2.42. The summed E-state index contributed by atoms with van der Waals surface area (Å²) in [4.78, 5) is 25.4. The van der Waals surface area contributed by atoms with Crippen LogP contribution >= 0.6 is 0 Å². The molecule has 2 aromatic rings. The maximum absolute atomic E-state index is 14.5. The number of hydrogen-bond donors (Lipinski definition) is 1. The van der Waals surface area contributed by atoms with Gasteiger partial charge in [-0.15, -0.1) is 0 Å². The van der Waals surface area contributed by atoms with Crippen LogP contribution in [0, 0.1) is 11.6 Å². The molecular weight excluding hydrogens is 464 g/mol. The molecule has 2 aliphatic rings. The number of halogens is 2. The van der Waals surface area contributed by atoms with Gasteiger partial charge >= 0.3 is 0 Å². The largest absolute Gasteiger partial charge is 0.371 e. The molecule has 3 heterocycles. The van der Waals surface area contributed by atoms with Gasteiger partial charge in [-0.1, -0.05) is 6.92 Å². The van der Waals surface area contributed by atoms with Crippen LogP contribution in [-0.2, 0) is 21.1 Å². The molecular formula is C23H29F2N5O3S. The van der Waals surface area contributed by atoms with Crippen molar-refractivity contribution in [2.45, 2.75) is 56.0 Å². The summed E-state index contributed by atoms with van der Waals surface area (Å²) in [5.41, 5.74) is 0.729. The third-order valence-electron chi connectivity index (χ3n) is 6.51. The first-order valence-electron chi connectivity index (χ1n) is 11.5. The SMILES string of the molecule is CCc1cnc(N2CCC(N3CCCC(Nc4cc(F)c(S(C)(=O)=O)cc4F)C3=O)CC2)cn1. The number of sulfone groups is 1. The zero-order valence-electron chi connectivity index (χ0n) is 19.3. The van der Waals surface area contributed by atoms with Gasteiger partial charge in [-0.05, 0) is 38.2 Å². The number of anilines is 2. The Bertz CT molecular complexity index is 1150. The summed E-state index contributed by atoms with van der Waals surface area (Å²) in [7, 11) is -3.90. The number of nitrogens with zero attached hydrogens (tertiary/aromatic N) is 4. The van der Waals surface area contributed by atoms with Crippen molar-refractivity contribution in [2.24, 2.45) is 0 Å². The van der Waals surface area contributed by atoms with Crippen LogP contribution < -0.4 is 10.2 Å². The lowest BCUT2D eigenvalue weighted by molar-refractivity contribution is -0.137. The first kappa shape index (κ1) is 24.3. The molecule has 0 spiro atoms. The number of benzene rings is 1. The Kier molecular flexibility index (Phi) is 7.01. The van der Waals surface area contributed by atoms with Crippen molar-refractivity contribution in [3.8, 4) is 0 Å². The number of hydrogen-bond acceptors (Lipinski definition) is 7. The highest BCUT2D eigenvalue weighted by atomic mass is 32.2. The predicted octanol–water partition coefficient (Wildman–Crippen LogP) is 2.79. The summed E-state index contributed by atoms with van der Waals surface area (Å²) in [6.07, 6.45) is 8.01. The van der Waals surface area contributed by atoms with E-state index in [1.807, 2.05) is 11.8 Å². The summed E-state index contributed by atoms with van der Waals surface area (Å²) >= 11 is 0. The molecule has 1 amide bonds. The number of likely N-dealkylation sites (tertiary alicyclic amines) is 1. The van der Waals surface area contributed by atoms with Crippen LogP contribution in [-0.4, -0.2) is 67.2 Å². The number of nitrogens with one attached hydrogen (secondary N) is 1. The second-order valence-electron chi connectivity index (χ2n) is 8.84. The van der Waals surface area contributed by atoms with Gasteiger partial charge in [-0.3, -0.25) is 9.78 Å². The maximum Gasteiger partial charge on any atom is 0.245 e. The fourth-order valence-electron chi connectivity index (χ4n) is 4.61. The van der Waals surface area contributed by atoms with Gasteiger partial charge in [0.25, 0.3) is 0 Å². The molecule has 4 rings (SSSR count). The zero-order valence-corrected chi connectivity index (χ0v) is 20.1. The van der Waals surface area contributed by atoms with Crippen molar-refractivity contribution < 1.29 is 22.0 Å². The molecule has 0 bridgehead atoms. The normalized spacial score (nSPS) is 20.0. The van der Waals surface area contributed by atoms with E-state index >= 15 is 0 Å². The summed E-state index contributed by atoms with van der Waals surface area (Å²) in [5, 5.41) is 2.80. The van der Waals surface area contributed by atoms with E-state index in [1.54, 1.807) is 12.4 Å². The highest BCUT2D eigenvalue weighted by Gasteiger charge is 2.35. The minimum atomic E-state index is -3.90. The molecule has 8 nitrogen and oxygen atoms in total. The molecule has 2 fully saturated rings. The Balaban J connectivity index is 1.40. The fraction of sp³-hybridized carbons (Fsp3) is 0.522. The van der Waals surface area contributed by atoms with Gasteiger partial charge in [0.15, 0.2) is 9.84 Å². The summed E-state index contributed by atoms with van der Waals surface area (Å²) in [6.45, 7) is 4.15. The van der Waals surface area contributed by atoms with Crippen molar-refractivity contribution in [3.05, 3.63) is 41.9 Å². The zero-order chi connectivity index (χ0) is 24.5. The standard InChI is InChI=1S/C23H29F2N5O3S/c1-3-15-13-27-22(14-26-15)29-9-6-16(7-10-29)30-8-4-5-19(23(30)31)28-20-11-18(25)21(12-17(20)24)34(2,32)33/h11-14,16,19,28H,3-10H2,1-2H3. The van der Waals surface area contributed by atoms with Gasteiger partial charge in [-0.25, -0.2) is 22.2 Å². The van der Waals surface area contributed by atoms with E-state index in [4.69, 9.17) is 0 Å². The van der Waals surface area contributed by atoms with Gasteiger partial charge in [0, 0.05) is 38.0 Å². The first-order valence-corrected chi connectivity index (χ1v) is 13.4. The van der Waals surface area contributed by atoms with Crippen molar-refractivity contribution >= 4 is 27.2 Å². The maximum atomic E-state index is 14.5. The Hall–Kier alpha value is -2.82. The smallest absolute Gasteiger partial charge is 0.245 e. The number of carbonyl (C=O) groups excluding carboxylic acids is 1. The topological polar surface area (TPSA) is 95.5 Å². The second-order valence-corrected chi connectivity index (χ2v) is 10.8. The number of amides is 1. The molecule has 1 unspecified atom stereocenters. The third-order valence-corrected chi connectivity index (χ3v) is 7.62. The Morgan fingerprint density at radius 2 is 1.79 bits per heavy atom. The summed E-state index contributed by atoms with van der Waals surface area (Å²) in [5.74, 6) is -1.27. The van der Waals surface area contributed by atoms with Gasteiger partial charge in [0.2, 0.25) is 5.91 Å². The summed E-state index contributed by atoms with van der Waals surface area (Å²) < 4.78 is 52.0. The Morgan fingerprint density at radius 1 is 1.06 bits per heavy atom. The average Bonchev–Trinajstić information content (AvgIpc) is 2.82. The molecule has 2 aliphatic heterocycles. The van der Waals surface area contributed by atoms with E-state index in [-0.39, 0.29) is 17.6 Å². The fourth-order valence-corrected chi connectivity index (χ4v) is 5.34. The molecule has 0 aliphatic carbocycles. The lowest BCUT2D eigenvalue weighted by Crippen LogP contribution is -2.54. The third kappa shape index (κ3) is 5.13. The molecule has 2 saturated heterocycles. The molecule has 11 heteroatoms. The number of carbonyl (C=O) groups is 1. The van der Waals surface area contributed by atoms with E-state index in [1.165, 1.54) is 0 Å². The van der Waals surface area contributed by atoms with E-state index < -0.39 is 32.4 Å². The van der Waals surface area contributed by atoms with Gasteiger partial charge in [-0.2, -0.15) is 0 Å². The molecule has 184 valence electrons.